The van der Waals surface area contributed by atoms with Gasteiger partial charge in [-0.05, 0) is 49.4 Å². The monoisotopic (exact) mass is 553 g/mol. The summed E-state index contributed by atoms with van der Waals surface area (Å²) in [4.78, 5) is 16.4. The molecule has 39 heavy (non-hydrogen) atoms. The lowest BCUT2D eigenvalue weighted by Gasteiger charge is -2.17. The number of sulfonamides is 1. The van der Waals surface area contributed by atoms with Crippen LogP contribution in [0.2, 0.25) is 0 Å². The molecule has 0 aliphatic rings. The zero-order chi connectivity index (χ0) is 28.2. The molecule has 0 aliphatic heterocycles. The molecule has 0 atom stereocenters. The van der Waals surface area contributed by atoms with Gasteiger partial charge in [-0.1, -0.05) is 68.2 Å². The fraction of sp³-hybridized carbons (Fsp3) is 0.357. The van der Waals surface area contributed by atoms with Gasteiger partial charge in [-0.2, -0.15) is 14.5 Å². The van der Waals surface area contributed by atoms with E-state index in [2.05, 4.69) is 33.8 Å². The molecule has 206 valence electrons. The second kappa shape index (κ2) is 11.9. The molecule has 0 radical (unpaired) electrons. The summed E-state index contributed by atoms with van der Waals surface area (Å²) in [6.07, 6.45) is 4.07. The largest absolute Gasteiger partial charge is 0.356 e. The van der Waals surface area contributed by atoms with Crippen LogP contribution in [-0.2, 0) is 29.4 Å². The van der Waals surface area contributed by atoms with Crippen LogP contribution < -0.4 is 10.3 Å². The zero-order valence-electron chi connectivity index (χ0n) is 22.5. The van der Waals surface area contributed by atoms with Crippen LogP contribution in [0.1, 0.15) is 61.5 Å². The maximum atomic E-state index is 14.3. The van der Waals surface area contributed by atoms with Crippen molar-refractivity contribution in [1.82, 2.24) is 19.9 Å². The van der Waals surface area contributed by atoms with Gasteiger partial charge in [0, 0.05) is 12.0 Å². The summed E-state index contributed by atoms with van der Waals surface area (Å²) < 4.78 is 49.6. The minimum absolute atomic E-state index is 0.00101. The smallest absolute Gasteiger partial charge is 0.294 e. The average Bonchev–Trinajstić information content (AvgIpc) is 3.22. The number of aromatic nitrogens is 4. The highest BCUT2D eigenvalue weighted by atomic mass is 32.2. The number of anilines is 1. The Bertz CT molecular complexity index is 1650. The Morgan fingerprint density at radius 3 is 2.49 bits per heavy atom. The molecule has 11 heteroatoms. The van der Waals surface area contributed by atoms with Crippen LogP contribution in [0, 0.1) is 19.7 Å². The van der Waals surface area contributed by atoms with E-state index in [1.54, 1.807) is 29.8 Å². The maximum absolute atomic E-state index is 14.3. The number of aryl methyl sites for hydroxylation is 4. The second-order valence-corrected chi connectivity index (χ2v) is 11.1. The molecule has 0 saturated heterocycles. The summed E-state index contributed by atoms with van der Waals surface area (Å²) in [7, 11) is -4.18. The van der Waals surface area contributed by atoms with Crippen molar-refractivity contribution in [3.8, 4) is 11.1 Å². The molecule has 4 aromatic rings. The van der Waals surface area contributed by atoms with E-state index in [1.807, 2.05) is 18.2 Å². The standard InChI is InChI=1S/C28H32FN5O4S/c1-5-7-13-25-30-28(35)18(3)31-34(25)17-20-14-15-22(21(16-20)10-6-2)23-11-8-9-12-24(23)39(36,37)33-27-26(29)19(4)38-32-27/h8-9,11-12,14-16H,5-7,10,13,17H2,1-4H3,(H,32,33). The van der Waals surface area contributed by atoms with E-state index in [9.17, 15) is 17.6 Å². The third-order valence-electron chi connectivity index (χ3n) is 6.37. The van der Waals surface area contributed by atoms with Crippen LogP contribution >= 0.6 is 0 Å². The summed E-state index contributed by atoms with van der Waals surface area (Å²) in [5, 5.41) is 7.97. The highest BCUT2D eigenvalue weighted by Gasteiger charge is 2.24. The molecule has 2 aromatic heterocycles. The second-order valence-electron chi connectivity index (χ2n) is 9.42. The van der Waals surface area contributed by atoms with E-state index in [4.69, 9.17) is 4.52 Å². The molecule has 0 bridgehead atoms. The van der Waals surface area contributed by atoms with E-state index >= 15 is 0 Å². The van der Waals surface area contributed by atoms with Gasteiger partial charge in [-0.3, -0.25) is 9.52 Å². The first-order valence-corrected chi connectivity index (χ1v) is 14.4. The van der Waals surface area contributed by atoms with Gasteiger partial charge >= 0.3 is 0 Å². The van der Waals surface area contributed by atoms with E-state index < -0.39 is 21.7 Å². The Labute approximate surface area is 227 Å². The Morgan fingerprint density at radius 2 is 1.79 bits per heavy atom. The number of hydrogen-bond acceptors (Lipinski definition) is 7. The Hall–Kier alpha value is -3.86. The van der Waals surface area contributed by atoms with Gasteiger partial charge < -0.3 is 4.52 Å². The van der Waals surface area contributed by atoms with Gasteiger partial charge in [0.05, 0.1) is 11.4 Å². The average molecular weight is 554 g/mol. The van der Waals surface area contributed by atoms with Gasteiger partial charge in [0.1, 0.15) is 11.5 Å². The minimum Gasteiger partial charge on any atom is -0.356 e. The van der Waals surface area contributed by atoms with Crippen molar-refractivity contribution < 1.29 is 17.3 Å². The van der Waals surface area contributed by atoms with Crippen LogP contribution in [0.25, 0.3) is 11.1 Å². The Balaban J connectivity index is 1.73. The SMILES string of the molecule is CCCCc1nc(=O)c(C)nn1Cc1ccc(-c2ccccc2S(=O)(=O)Nc2noc(C)c2F)c(CCC)c1. The summed E-state index contributed by atoms with van der Waals surface area (Å²) in [5.74, 6) is -0.803. The van der Waals surface area contributed by atoms with Gasteiger partial charge in [-0.25, -0.2) is 13.1 Å². The first-order valence-electron chi connectivity index (χ1n) is 12.9. The number of benzene rings is 2. The molecule has 0 amide bonds. The number of rotatable bonds is 11. The van der Waals surface area contributed by atoms with Crippen LogP contribution in [0.4, 0.5) is 10.2 Å². The van der Waals surface area contributed by atoms with Crippen LogP contribution in [-0.4, -0.2) is 28.3 Å². The first-order chi connectivity index (χ1) is 18.6. The maximum Gasteiger partial charge on any atom is 0.294 e. The number of hydrogen-bond donors (Lipinski definition) is 1. The molecular formula is C28H32FN5O4S. The van der Waals surface area contributed by atoms with E-state index in [1.165, 1.54) is 13.0 Å². The fourth-order valence-electron chi connectivity index (χ4n) is 4.37. The van der Waals surface area contributed by atoms with Crippen molar-refractivity contribution in [2.45, 2.75) is 71.2 Å². The highest BCUT2D eigenvalue weighted by molar-refractivity contribution is 7.92. The predicted octanol–water partition coefficient (Wildman–Crippen LogP) is 5.19. The summed E-state index contributed by atoms with van der Waals surface area (Å²) in [6, 6.07) is 12.4. The molecule has 0 unspecified atom stereocenters. The molecule has 0 fully saturated rings. The zero-order valence-corrected chi connectivity index (χ0v) is 23.3. The molecule has 2 aromatic carbocycles. The minimum atomic E-state index is -4.18. The molecule has 0 spiro atoms. The third-order valence-corrected chi connectivity index (χ3v) is 7.77. The quantitative estimate of drug-likeness (QED) is 0.271. The summed E-state index contributed by atoms with van der Waals surface area (Å²) >= 11 is 0. The molecule has 1 N–H and O–H groups in total. The van der Waals surface area contributed by atoms with Gasteiger partial charge in [0.2, 0.25) is 11.6 Å². The first kappa shape index (κ1) is 28.2. The predicted molar refractivity (Wildman–Crippen MR) is 147 cm³/mol. The number of halogens is 1. The third kappa shape index (κ3) is 6.25. The van der Waals surface area contributed by atoms with Crippen molar-refractivity contribution in [2.24, 2.45) is 0 Å². The summed E-state index contributed by atoms with van der Waals surface area (Å²) in [5.41, 5.74) is 3.19. The topological polar surface area (TPSA) is 120 Å². The normalized spacial score (nSPS) is 11.6. The highest BCUT2D eigenvalue weighted by Crippen LogP contribution is 2.33. The number of unbranched alkanes of at least 4 members (excludes halogenated alkanes) is 1. The lowest BCUT2D eigenvalue weighted by Crippen LogP contribution is -2.24. The van der Waals surface area contributed by atoms with Gasteiger partial charge in [0.15, 0.2) is 5.76 Å². The van der Waals surface area contributed by atoms with Crippen LogP contribution in [0.15, 0.2) is 56.7 Å². The van der Waals surface area contributed by atoms with Gasteiger partial charge in [-0.15, -0.1) is 0 Å². The molecule has 0 saturated carbocycles. The van der Waals surface area contributed by atoms with Gasteiger partial charge in [0.25, 0.3) is 15.6 Å². The molecule has 0 aliphatic carbocycles. The summed E-state index contributed by atoms with van der Waals surface area (Å²) in [6.45, 7) is 7.57. The van der Waals surface area contributed by atoms with Crippen LogP contribution in [0.5, 0.6) is 0 Å². The molecule has 4 rings (SSSR count). The fourth-order valence-corrected chi connectivity index (χ4v) is 5.59. The van der Waals surface area contributed by atoms with Crippen molar-refractivity contribution in [1.29, 1.82) is 0 Å². The lowest BCUT2D eigenvalue weighted by molar-refractivity contribution is 0.390. The van der Waals surface area contributed by atoms with Crippen molar-refractivity contribution in [3.05, 3.63) is 87.0 Å². The Morgan fingerprint density at radius 1 is 1.03 bits per heavy atom. The van der Waals surface area contributed by atoms with E-state index in [-0.39, 0.29) is 16.2 Å². The molecular weight excluding hydrogens is 521 g/mol. The molecule has 2 heterocycles. The van der Waals surface area contributed by atoms with Crippen molar-refractivity contribution >= 4 is 15.8 Å². The number of nitrogens with one attached hydrogen (secondary N) is 1. The van der Waals surface area contributed by atoms with Crippen molar-refractivity contribution in [3.63, 3.8) is 0 Å². The van der Waals surface area contributed by atoms with Crippen molar-refractivity contribution in [2.75, 3.05) is 4.72 Å². The van der Waals surface area contributed by atoms with Crippen LogP contribution in [0.3, 0.4) is 0 Å². The lowest BCUT2D eigenvalue weighted by atomic mass is 9.94. The van der Waals surface area contributed by atoms with E-state index in [0.717, 1.165) is 36.0 Å². The Kier molecular flexibility index (Phi) is 8.59. The van der Waals surface area contributed by atoms with E-state index in [0.29, 0.717) is 36.5 Å². The number of nitrogens with zero attached hydrogens (tertiary/aromatic N) is 4. The molecule has 9 nitrogen and oxygen atoms in total.